The van der Waals surface area contributed by atoms with Gasteiger partial charge in [-0.3, -0.25) is 10.1 Å². The number of anilines is 2. The van der Waals surface area contributed by atoms with Gasteiger partial charge in [-0.25, -0.2) is 4.79 Å². The van der Waals surface area contributed by atoms with Gasteiger partial charge in [-0.15, -0.1) is 11.6 Å². The molecule has 0 spiro atoms. The summed E-state index contributed by atoms with van der Waals surface area (Å²) in [5.41, 5.74) is 2.43. The van der Waals surface area contributed by atoms with E-state index in [2.05, 4.69) is 10.6 Å². The van der Waals surface area contributed by atoms with Crippen molar-refractivity contribution in [3.8, 4) is 0 Å². The second kappa shape index (κ2) is 6.80. The summed E-state index contributed by atoms with van der Waals surface area (Å²) in [7, 11) is 0. The lowest BCUT2D eigenvalue weighted by atomic mass is 10.1. The Morgan fingerprint density at radius 3 is 2.10 bits per heavy atom. The zero-order valence-electron chi connectivity index (χ0n) is 13.0. The summed E-state index contributed by atoms with van der Waals surface area (Å²) in [4.78, 5) is 23.1. The van der Waals surface area contributed by atoms with E-state index in [1.54, 1.807) is 32.9 Å². The van der Waals surface area contributed by atoms with Gasteiger partial charge >= 0.3 is 6.09 Å². The third-order valence-electron chi connectivity index (χ3n) is 2.56. The molecule has 1 aromatic carbocycles. The van der Waals surface area contributed by atoms with E-state index in [4.69, 9.17) is 16.3 Å². The monoisotopic (exact) mass is 312 g/mol. The first-order valence-electron chi connectivity index (χ1n) is 6.59. The standard InChI is InChI=1S/C15H21ClN2O3/c1-9-6-11(17-14(20)21-15(3,4)5)7-10(2)13(9)18-12(19)8-16/h6-7H,8H2,1-5H3,(H,17,20)(H,18,19). The molecule has 0 unspecified atom stereocenters. The SMILES string of the molecule is Cc1cc(NC(=O)OC(C)(C)C)cc(C)c1NC(=O)CCl. The number of rotatable bonds is 3. The minimum Gasteiger partial charge on any atom is -0.444 e. The summed E-state index contributed by atoms with van der Waals surface area (Å²) >= 11 is 5.48. The number of benzene rings is 1. The van der Waals surface area contributed by atoms with E-state index in [9.17, 15) is 9.59 Å². The molecule has 6 heteroatoms. The Kier molecular flexibility index (Phi) is 5.61. The first kappa shape index (κ1) is 17.3. The molecule has 0 saturated heterocycles. The second-order valence-electron chi connectivity index (χ2n) is 5.79. The average molecular weight is 313 g/mol. The van der Waals surface area contributed by atoms with Gasteiger partial charge < -0.3 is 10.1 Å². The first-order valence-corrected chi connectivity index (χ1v) is 7.13. The fraction of sp³-hybridized carbons (Fsp3) is 0.467. The van der Waals surface area contributed by atoms with Gasteiger partial charge in [0.2, 0.25) is 5.91 Å². The molecular weight excluding hydrogens is 292 g/mol. The Hall–Kier alpha value is -1.75. The molecule has 1 aromatic rings. The molecule has 21 heavy (non-hydrogen) atoms. The van der Waals surface area contributed by atoms with Crippen LogP contribution in [0.3, 0.4) is 0 Å². The van der Waals surface area contributed by atoms with E-state index < -0.39 is 11.7 Å². The van der Waals surface area contributed by atoms with E-state index in [1.165, 1.54) is 0 Å². The number of alkyl halides is 1. The summed E-state index contributed by atoms with van der Waals surface area (Å²) in [5.74, 6) is -0.368. The largest absolute Gasteiger partial charge is 0.444 e. The summed E-state index contributed by atoms with van der Waals surface area (Å²) in [6, 6.07) is 3.53. The van der Waals surface area contributed by atoms with Crippen molar-refractivity contribution in [3.05, 3.63) is 23.3 Å². The Morgan fingerprint density at radius 2 is 1.67 bits per heavy atom. The number of carbonyl (C=O) groups is 2. The Balaban J connectivity index is 2.88. The minimum atomic E-state index is -0.553. The van der Waals surface area contributed by atoms with Crippen LogP contribution in [-0.4, -0.2) is 23.5 Å². The molecule has 2 N–H and O–H groups in total. The van der Waals surface area contributed by atoms with Gasteiger partial charge in [-0.05, 0) is 57.9 Å². The maximum Gasteiger partial charge on any atom is 0.412 e. The van der Waals surface area contributed by atoms with Crippen LogP contribution < -0.4 is 10.6 Å². The number of ether oxygens (including phenoxy) is 1. The molecule has 0 heterocycles. The van der Waals surface area contributed by atoms with Crippen molar-refractivity contribution < 1.29 is 14.3 Å². The van der Waals surface area contributed by atoms with Crippen molar-refractivity contribution in [2.24, 2.45) is 0 Å². The second-order valence-corrected chi connectivity index (χ2v) is 6.06. The lowest BCUT2D eigenvalue weighted by molar-refractivity contribution is -0.113. The molecule has 5 nitrogen and oxygen atoms in total. The van der Waals surface area contributed by atoms with Gasteiger partial charge in [0.05, 0.1) is 0 Å². The topological polar surface area (TPSA) is 67.4 Å². The van der Waals surface area contributed by atoms with Crippen LogP contribution in [-0.2, 0) is 9.53 Å². The average Bonchev–Trinajstić information content (AvgIpc) is 2.30. The normalized spacial score (nSPS) is 11.0. The number of carbonyl (C=O) groups excluding carboxylic acids is 2. The quantitative estimate of drug-likeness (QED) is 0.834. The predicted molar refractivity (Wildman–Crippen MR) is 85.1 cm³/mol. The van der Waals surface area contributed by atoms with Crippen LogP contribution in [0.15, 0.2) is 12.1 Å². The number of amides is 2. The van der Waals surface area contributed by atoms with Crippen LogP contribution in [0.25, 0.3) is 0 Å². The first-order chi connectivity index (χ1) is 9.62. The molecule has 1 rings (SSSR count). The lowest BCUT2D eigenvalue weighted by Crippen LogP contribution is -2.27. The van der Waals surface area contributed by atoms with Crippen LogP contribution in [0.4, 0.5) is 16.2 Å². The molecule has 0 fully saturated rings. The van der Waals surface area contributed by atoms with E-state index in [0.717, 1.165) is 11.1 Å². The van der Waals surface area contributed by atoms with Crippen molar-refractivity contribution in [2.45, 2.75) is 40.2 Å². The van der Waals surface area contributed by atoms with E-state index in [1.807, 2.05) is 13.8 Å². The number of hydrogen-bond donors (Lipinski definition) is 2. The number of hydrogen-bond acceptors (Lipinski definition) is 3. The van der Waals surface area contributed by atoms with E-state index >= 15 is 0 Å². The van der Waals surface area contributed by atoms with Gasteiger partial charge in [0.1, 0.15) is 11.5 Å². The highest BCUT2D eigenvalue weighted by Gasteiger charge is 2.17. The minimum absolute atomic E-state index is 0.100. The maximum atomic E-state index is 11.7. The molecule has 0 atom stereocenters. The maximum absolute atomic E-state index is 11.7. The van der Waals surface area contributed by atoms with Gasteiger partial charge in [0.25, 0.3) is 0 Å². The Bertz CT molecular complexity index is 527. The molecule has 0 aliphatic rings. The van der Waals surface area contributed by atoms with Crippen LogP contribution in [0.2, 0.25) is 0 Å². The molecule has 0 bridgehead atoms. The molecule has 0 radical (unpaired) electrons. The van der Waals surface area contributed by atoms with Gasteiger partial charge in [0, 0.05) is 11.4 Å². The Labute approximate surface area is 130 Å². The van der Waals surface area contributed by atoms with Crippen molar-refractivity contribution in [3.63, 3.8) is 0 Å². The molecule has 0 aromatic heterocycles. The zero-order valence-corrected chi connectivity index (χ0v) is 13.7. The van der Waals surface area contributed by atoms with Crippen LogP contribution in [0.5, 0.6) is 0 Å². The molecule has 0 aliphatic carbocycles. The van der Waals surface area contributed by atoms with Gasteiger partial charge in [-0.1, -0.05) is 0 Å². The molecule has 0 saturated carbocycles. The van der Waals surface area contributed by atoms with Crippen molar-refractivity contribution in [1.82, 2.24) is 0 Å². The fourth-order valence-corrected chi connectivity index (χ4v) is 1.89. The smallest absolute Gasteiger partial charge is 0.412 e. The van der Waals surface area contributed by atoms with E-state index in [0.29, 0.717) is 11.4 Å². The number of halogens is 1. The molecule has 116 valence electrons. The summed E-state index contributed by atoms with van der Waals surface area (Å²) in [6.45, 7) is 9.09. The third-order valence-corrected chi connectivity index (χ3v) is 2.81. The van der Waals surface area contributed by atoms with Gasteiger partial charge in [0.15, 0.2) is 0 Å². The number of aryl methyl sites for hydroxylation is 2. The van der Waals surface area contributed by atoms with Crippen LogP contribution >= 0.6 is 11.6 Å². The Morgan fingerprint density at radius 1 is 1.14 bits per heavy atom. The predicted octanol–water partition coefficient (Wildman–Crippen LogP) is 3.83. The third kappa shape index (κ3) is 5.63. The lowest BCUT2D eigenvalue weighted by Gasteiger charge is -2.20. The van der Waals surface area contributed by atoms with Crippen LogP contribution in [0.1, 0.15) is 31.9 Å². The highest BCUT2D eigenvalue weighted by atomic mass is 35.5. The van der Waals surface area contributed by atoms with Crippen molar-refractivity contribution >= 4 is 35.0 Å². The highest BCUT2D eigenvalue weighted by molar-refractivity contribution is 6.29. The van der Waals surface area contributed by atoms with Gasteiger partial charge in [-0.2, -0.15) is 0 Å². The molecular formula is C15H21ClN2O3. The molecule has 0 aliphatic heterocycles. The van der Waals surface area contributed by atoms with Crippen molar-refractivity contribution in [1.29, 1.82) is 0 Å². The van der Waals surface area contributed by atoms with Crippen molar-refractivity contribution in [2.75, 3.05) is 16.5 Å². The summed E-state index contributed by atoms with van der Waals surface area (Å²) in [6.07, 6.45) is -0.515. The highest BCUT2D eigenvalue weighted by Crippen LogP contribution is 2.25. The zero-order chi connectivity index (χ0) is 16.2. The fourth-order valence-electron chi connectivity index (χ4n) is 1.83. The summed E-state index contributed by atoms with van der Waals surface area (Å²) in [5, 5.41) is 5.41. The summed E-state index contributed by atoms with van der Waals surface area (Å²) < 4.78 is 5.20. The number of nitrogens with one attached hydrogen (secondary N) is 2. The molecule has 2 amide bonds. The van der Waals surface area contributed by atoms with E-state index in [-0.39, 0.29) is 11.8 Å². The van der Waals surface area contributed by atoms with Crippen LogP contribution in [0, 0.1) is 13.8 Å².